The van der Waals surface area contributed by atoms with Crippen LogP contribution >= 0.6 is 0 Å². The van der Waals surface area contributed by atoms with E-state index in [0.29, 0.717) is 24.2 Å². The molecule has 0 spiro atoms. The van der Waals surface area contributed by atoms with Gasteiger partial charge in [0.2, 0.25) is 0 Å². The molecule has 0 aliphatic heterocycles. The zero-order valence-corrected chi connectivity index (χ0v) is 21.9. The highest BCUT2D eigenvalue weighted by Gasteiger charge is 2.26. The molecular weight excluding hydrogens is 416 g/mol. The lowest BCUT2D eigenvalue weighted by molar-refractivity contribution is 0.599. The SMILES string of the molecule is CC(C)N(c1nc2ccccc2cc1-c1cc2ccccc2nc1N(C(C)C)C(C)C)C(C)C. The van der Waals surface area contributed by atoms with Crippen LogP contribution in [0.25, 0.3) is 32.9 Å². The Labute approximate surface area is 204 Å². The molecule has 0 saturated heterocycles. The molecule has 0 radical (unpaired) electrons. The van der Waals surface area contributed by atoms with Gasteiger partial charge in [0.25, 0.3) is 0 Å². The second-order valence-corrected chi connectivity index (χ2v) is 10.3. The van der Waals surface area contributed by atoms with Crippen LogP contribution in [-0.4, -0.2) is 34.1 Å². The number of hydrogen-bond acceptors (Lipinski definition) is 4. The number of fused-ring (bicyclic) bond motifs is 2. The summed E-state index contributed by atoms with van der Waals surface area (Å²) < 4.78 is 0. The van der Waals surface area contributed by atoms with Crippen LogP contribution in [0.1, 0.15) is 55.4 Å². The maximum Gasteiger partial charge on any atom is 0.137 e. The van der Waals surface area contributed by atoms with Crippen molar-refractivity contribution < 1.29 is 0 Å². The molecule has 0 bridgehead atoms. The van der Waals surface area contributed by atoms with Crippen LogP contribution < -0.4 is 9.80 Å². The van der Waals surface area contributed by atoms with Crippen molar-refractivity contribution in [2.75, 3.05) is 9.80 Å². The predicted molar refractivity (Wildman–Crippen MR) is 148 cm³/mol. The number of hydrogen-bond donors (Lipinski definition) is 0. The largest absolute Gasteiger partial charge is 0.351 e. The van der Waals surface area contributed by atoms with E-state index in [1.807, 2.05) is 0 Å². The first-order valence-corrected chi connectivity index (χ1v) is 12.6. The summed E-state index contributed by atoms with van der Waals surface area (Å²) in [6, 6.07) is 22.7. The number of nitrogens with zero attached hydrogens (tertiary/aromatic N) is 4. The molecule has 0 amide bonds. The van der Waals surface area contributed by atoms with Crippen molar-refractivity contribution in [1.82, 2.24) is 9.97 Å². The third kappa shape index (κ3) is 4.46. The van der Waals surface area contributed by atoms with Gasteiger partial charge in [-0.05, 0) is 79.7 Å². The van der Waals surface area contributed by atoms with Crippen LogP contribution in [0.4, 0.5) is 11.6 Å². The Kier molecular flexibility index (Phi) is 6.79. The fraction of sp³-hybridized carbons (Fsp3) is 0.400. The Hall–Kier alpha value is -3.14. The topological polar surface area (TPSA) is 32.3 Å². The van der Waals surface area contributed by atoms with Crippen molar-refractivity contribution in [3.63, 3.8) is 0 Å². The van der Waals surface area contributed by atoms with E-state index in [-0.39, 0.29) is 0 Å². The maximum absolute atomic E-state index is 5.24. The molecule has 2 heterocycles. The second-order valence-electron chi connectivity index (χ2n) is 10.3. The molecule has 0 fully saturated rings. The van der Waals surface area contributed by atoms with Gasteiger partial charge < -0.3 is 9.80 Å². The Morgan fingerprint density at radius 3 is 1.15 bits per heavy atom. The molecule has 4 aromatic rings. The van der Waals surface area contributed by atoms with E-state index in [9.17, 15) is 0 Å². The van der Waals surface area contributed by atoms with E-state index in [4.69, 9.17) is 9.97 Å². The Morgan fingerprint density at radius 2 is 0.824 bits per heavy atom. The first kappa shape index (κ1) is 24.0. The summed E-state index contributed by atoms with van der Waals surface area (Å²) in [5, 5.41) is 2.29. The van der Waals surface area contributed by atoms with Crippen molar-refractivity contribution in [1.29, 1.82) is 0 Å². The molecule has 4 rings (SSSR count). The van der Waals surface area contributed by atoms with E-state index in [0.717, 1.165) is 44.6 Å². The molecule has 0 saturated carbocycles. The molecule has 34 heavy (non-hydrogen) atoms. The quantitative estimate of drug-likeness (QED) is 0.286. The zero-order valence-electron chi connectivity index (χ0n) is 21.9. The zero-order chi connectivity index (χ0) is 24.6. The average molecular weight is 455 g/mol. The Bertz CT molecular complexity index is 1170. The van der Waals surface area contributed by atoms with Gasteiger partial charge in [0, 0.05) is 46.1 Å². The number of aromatic nitrogens is 2. The summed E-state index contributed by atoms with van der Waals surface area (Å²) >= 11 is 0. The molecular formula is C30H38N4. The minimum atomic E-state index is 0.315. The fourth-order valence-corrected chi connectivity index (χ4v) is 5.17. The van der Waals surface area contributed by atoms with Crippen LogP contribution in [0.15, 0.2) is 60.7 Å². The molecule has 0 aliphatic carbocycles. The molecule has 0 unspecified atom stereocenters. The number of para-hydroxylation sites is 2. The smallest absolute Gasteiger partial charge is 0.137 e. The highest BCUT2D eigenvalue weighted by molar-refractivity contribution is 5.97. The summed E-state index contributed by atoms with van der Waals surface area (Å²) in [5.41, 5.74) is 4.32. The molecule has 2 aromatic heterocycles. The molecule has 0 N–H and O–H groups in total. The minimum absolute atomic E-state index is 0.315. The van der Waals surface area contributed by atoms with Gasteiger partial charge in [0.05, 0.1) is 11.0 Å². The van der Waals surface area contributed by atoms with Crippen molar-refractivity contribution in [3.8, 4) is 11.1 Å². The Morgan fingerprint density at radius 1 is 0.500 bits per heavy atom. The lowest BCUT2D eigenvalue weighted by atomic mass is 9.99. The van der Waals surface area contributed by atoms with Gasteiger partial charge in [-0.25, -0.2) is 9.97 Å². The van der Waals surface area contributed by atoms with Crippen LogP contribution in [0.2, 0.25) is 0 Å². The lowest BCUT2D eigenvalue weighted by Crippen LogP contribution is -2.39. The molecule has 4 heteroatoms. The average Bonchev–Trinajstić information content (AvgIpc) is 2.77. The highest BCUT2D eigenvalue weighted by atomic mass is 15.2. The van der Waals surface area contributed by atoms with Crippen molar-refractivity contribution in [3.05, 3.63) is 60.7 Å². The van der Waals surface area contributed by atoms with Crippen molar-refractivity contribution >= 4 is 33.4 Å². The third-order valence-corrected chi connectivity index (χ3v) is 6.41. The predicted octanol–water partition coefficient (Wildman–Crippen LogP) is 7.70. The van der Waals surface area contributed by atoms with E-state index < -0.39 is 0 Å². The summed E-state index contributed by atoms with van der Waals surface area (Å²) in [4.78, 5) is 15.3. The van der Waals surface area contributed by atoms with Gasteiger partial charge in [-0.1, -0.05) is 36.4 Å². The lowest BCUT2D eigenvalue weighted by Gasteiger charge is -2.36. The first-order valence-electron chi connectivity index (χ1n) is 12.6. The van der Waals surface area contributed by atoms with Gasteiger partial charge in [0.15, 0.2) is 0 Å². The number of pyridine rings is 2. The molecule has 0 aliphatic rings. The normalized spacial score (nSPS) is 12.0. The van der Waals surface area contributed by atoms with Crippen LogP contribution in [-0.2, 0) is 0 Å². The summed E-state index contributed by atoms with van der Waals surface area (Å²) in [6.45, 7) is 18.0. The van der Waals surface area contributed by atoms with Crippen LogP contribution in [0.5, 0.6) is 0 Å². The van der Waals surface area contributed by atoms with Gasteiger partial charge in [-0.15, -0.1) is 0 Å². The van der Waals surface area contributed by atoms with Gasteiger partial charge in [-0.2, -0.15) is 0 Å². The molecule has 0 atom stereocenters. The fourth-order valence-electron chi connectivity index (χ4n) is 5.17. The third-order valence-electron chi connectivity index (χ3n) is 6.41. The maximum atomic E-state index is 5.24. The van der Waals surface area contributed by atoms with Gasteiger partial charge >= 0.3 is 0 Å². The first-order chi connectivity index (χ1) is 16.2. The van der Waals surface area contributed by atoms with Crippen LogP contribution in [0.3, 0.4) is 0 Å². The van der Waals surface area contributed by atoms with E-state index in [2.05, 4.69) is 126 Å². The summed E-state index contributed by atoms with van der Waals surface area (Å²) in [7, 11) is 0. The van der Waals surface area contributed by atoms with E-state index in [1.165, 1.54) is 0 Å². The number of rotatable bonds is 7. The van der Waals surface area contributed by atoms with Gasteiger partial charge in [-0.3, -0.25) is 0 Å². The van der Waals surface area contributed by atoms with E-state index in [1.54, 1.807) is 0 Å². The molecule has 2 aromatic carbocycles. The van der Waals surface area contributed by atoms with Crippen LogP contribution in [0, 0.1) is 0 Å². The Balaban J connectivity index is 2.12. The monoisotopic (exact) mass is 454 g/mol. The standard InChI is InChI=1S/C30H38N4/c1-19(2)33(20(3)4)29-25(17-23-13-9-11-15-27(23)31-29)26-18-24-14-10-12-16-28(24)32-30(26)34(21(5)6)22(7)8/h9-22H,1-8H3. The van der Waals surface area contributed by atoms with Crippen molar-refractivity contribution in [2.24, 2.45) is 0 Å². The minimum Gasteiger partial charge on any atom is -0.351 e. The second kappa shape index (κ2) is 9.61. The van der Waals surface area contributed by atoms with E-state index >= 15 is 0 Å². The number of anilines is 2. The number of benzene rings is 2. The highest BCUT2D eigenvalue weighted by Crippen LogP contribution is 2.41. The van der Waals surface area contributed by atoms with Gasteiger partial charge in [0.1, 0.15) is 11.6 Å². The van der Waals surface area contributed by atoms with Crippen molar-refractivity contribution in [2.45, 2.75) is 79.6 Å². The molecule has 178 valence electrons. The summed E-state index contributed by atoms with van der Waals surface area (Å²) in [6.07, 6.45) is 0. The summed E-state index contributed by atoms with van der Waals surface area (Å²) in [5.74, 6) is 2.05. The molecule has 4 nitrogen and oxygen atoms in total.